The lowest BCUT2D eigenvalue weighted by atomic mass is 9.82. The summed E-state index contributed by atoms with van der Waals surface area (Å²) in [6.07, 6.45) is 5.35. The lowest BCUT2D eigenvalue weighted by Gasteiger charge is -2.38. The van der Waals surface area contributed by atoms with Crippen LogP contribution in [0.2, 0.25) is 0 Å². The maximum Gasteiger partial charge on any atom is 0.165 e. The Morgan fingerprint density at radius 2 is 2.17 bits per heavy atom. The van der Waals surface area contributed by atoms with Gasteiger partial charge in [0.15, 0.2) is 11.6 Å². The zero-order chi connectivity index (χ0) is 16.3. The highest BCUT2D eigenvalue weighted by atomic mass is 19.1. The Hall–Kier alpha value is -1.92. The van der Waals surface area contributed by atoms with Gasteiger partial charge >= 0.3 is 0 Å². The SMILES string of the molecule is COc1ccc(C2(NCc3cn(C)cn3)CCOCC2)cc1F. The molecule has 0 spiro atoms. The van der Waals surface area contributed by atoms with Crippen LogP contribution in [-0.4, -0.2) is 29.9 Å². The second-order valence-electron chi connectivity index (χ2n) is 5.93. The summed E-state index contributed by atoms with van der Waals surface area (Å²) in [5.41, 5.74) is 1.59. The Morgan fingerprint density at radius 3 is 2.78 bits per heavy atom. The Labute approximate surface area is 135 Å². The summed E-state index contributed by atoms with van der Waals surface area (Å²) in [5, 5.41) is 3.58. The van der Waals surface area contributed by atoms with Gasteiger partial charge in [-0.25, -0.2) is 9.37 Å². The van der Waals surface area contributed by atoms with Crippen molar-refractivity contribution in [2.75, 3.05) is 20.3 Å². The van der Waals surface area contributed by atoms with Crippen LogP contribution in [0.3, 0.4) is 0 Å². The quantitative estimate of drug-likeness (QED) is 0.919. The van der Waals surface area contributed by atoms with Crippen molar-refractivity contribution < 1.29 is 13.9 Å². The number of nitrogens with one attached hydrogen (secondary N) is 1. The number of hydrogen-bond donors (Lipinski definition) is 1. The monoisotopic (exact) mass is 319 g/mol. The molecular formula is C17H22FN3O2. The molecule has 0 radical (unpaired) electrons. The van der Waals surface area contributed by atoms with Crippen molar-refractivity contribution in [1.29, 1.82) is 0 Å². The van der Waals surface area contributed by atoms with Gasteiger partial charge in [0.05, 0.1) is 19.1 Å². The van der Waals surface area contributed by atoms with Crippen LogP contribution in [0.5, 0.6) is 5.75 Å². The highest BCUT2D eigenvalue weighted by Crippen LogP contribution is 2.34. The molecule has 1 aromatic carbocycles. The molecule has 0 bridgehead atoms. The number of nitrogens with zero attached hydrogens (tertiary/aromatic N) is 2. The van der Waals surface area contributed by atoms with Crippen molar-refractivity contribution >= 4 is 0 Å². The van der Waals surface area contributed by atoms with Gasteiger partial charge in [-0.1, -0.05) is 6.07 Å². The maximum absolute atomic E-state index is 14.1. The van der Waals surface area contributed by atoms with Crippen LogP contribution in [0.1, 0.15) is 24.1 Å². The van der Waals surface area contributed by atoms with Crippen molar-refractivity contribution in [2.24, 2.45) is 7.05 Å². The third-order valence-corrected chi connectivity index (χ3v) is 4.42. The molecule has 1 saturated heterocycles. The third kappa shape index (κ3) is 3.38. The fourth-order valence-electron chi connectivity index (χ4n) is 3.07. The fraction of sp³-hybridized carbons (Fsp3) is 0.471. The molecular weight excluding hydrogens is 297 g/mol. The molecule has 1 aliphatic rings. The molecule has 2 heterocycles. The number of hydrogen-bond acceptors (Lipinski definition) is 4. The lowest BCUT2D eigenvalue weighted by molar-refractivity contribution is 0.0355. The Kier molecular flexibility index (Phi) is 4.63. The van der Waals surface area contributed by atoms with E-state index in [2.05, 4.69) is 10.3 Å². The number of imidazole rings is 1. The minimum absolute atomic E-state index is 0.265. The summed E-state index contributed by atoms with van der Waals surface area (Å²) < 4.78 is 26.6. The summed E-state index contributed by atoms with van der Waals surface area (Å²) in [7, 11) is 3.42. The standard InChI is InChI=1S/C17H22FN3O2/c1-21-11-14(19-12-21)10-20-17(5-7-23-8-6-17)13-3-4-16(22-2)15(18)9-13/h3-4,9,11-12,20H,5-8,10H2,1-2H3. The molecule has 1 fully saturated rings. The molecule has 0 unspecified atom stereocenters. The van der Waals surface area contributed by atoms with E-state index in [1.807, 2.05) is 23.9 Å². The van der Waals surface area contributed by atoms with Crippen LogP contribution in [0.15, 0.2) is 30.7 Å². The first-order valence-electron chi connectivity index (χ1n) is 7.77. The highest BCUT2D eigenvalue weighted by Gasteiger charge is 2.34. The molecule has 1 N–H and O–H groups in total. The van der Waals surface area contributed by atoms with Crippen molar-refractivity contribution in [3.63, 3.8) is 0 Å². The van der Waals surface area contributed by atoms with Crippen molar-refractivity contribution in [3.8, 4) is 5.75 Å². The molecule has 5 nitrogen and oxygen atoms in total. The van der Waals surface area contributed by atoms with E-state index >= 15 is 0 Å². The number of halogens is 1. The molecule has 0 atom stereocenters. The summed E-state index contributed by atoms with van der Waals surface area (Å²) >= 11 is 0. The van der Waals surface area contributed by atoms with E-state index in [0.29, 0.717) is 19.8 Å². The Morgan fingerprint density at radius 1 is 1.39 bits per heavy atom. The second kappa shape index (κ2) is 6.68. The summed E-state index contributed by atoms with van der Waals surface area (Å²) in [6.45, 7) is 1.94. The second-order valence-corrected chi connectivity index (χ2v) is 5.93. The molecule has 3 rings (SSSR count). The molecule has 1 aliphatic heterocycles. The highest BCUT2D eigenvalue weighted by molar-refractivity contribution is 5.34. The largest absolute Gasteiger partial charge is 0.494 e. The number of aromatic nitrogens is 2. The molecule has 6 heteroatoms. The third-order valence-electron chi connectivity index (χ3n) is 4.42. The topological polar surface area (TPSA) is 48.3 Å². The molecule has 2 aromatic rings. The molecule has 0 amide bonds. The van der Waals surface area contributed by atoms with Gasteiger partial charge in [0, 0.05) is 38.5 Å². The Balaban J connectivity index is 1.85. The van der Waals surface area contributed by atoms with Gasteiger partial charge in [-0.2, -0.15) is 0 Å². The van der Waals surface area contributed by atoms with Crippen LogP contribution >= 0.6 is 0 Å². The smallest absolute Gasteiger partial charge is 0.165 e. The van der Waals surface area contributed by atoms with E-state index in [1.54, 1.807) is 18.5 Å². The summed E-state index contributed by atoms with van der Waals surface area (Å²) in [5.74, 6) is -0.0730. The van der Waals surface area contributed by atoms with E-state index in [1.165, 1.54) is 7.11 Å². The van der Waals surface area contributed by atoms with E-state index in [4.69, 9.17) is 9.47 Å². The van der Waals surface area contributed by atoms with Gasteiger partial charge in [-0.05, 0) is 30.5 Å². The lowest BCUT2D eigenvalue weighted by Crippen LogP contribution is -2.46. The Bertz CT molecular complexity index is 666. The number of rotatable bonds is 5. The van der Waals surface area contributed by atoms with Crippen LogP contribution in [0.4, 0.5) is 4.39 Å². The first-order valence-corrected chi connectivity index (χ1v) is 7.77. The van der Waals surface area contributed by atoms with Gasteiger partial charge in [-0.15, -0.1) is 0 Å². The average Bonchev–Trinajstić information content (AvgIpc) is 2.99. The number of benzene rings is 1. The van der Waals surface area contributed by atoms with Gasteiger partial charge in [-0.3, -0.25) is 0 Å². The summed E-state index contributed by atoms with van der Waals surface area (Å²) in [6, 6.07) is 5.18. The van der Waals surface area contributed by atoms with Crippen molar-refractivity contribution in [3.05, 3.63) is 47.8 Å². The predicted octanol–water partition coefficient (Wildman–Crippen LogP) is 2.36. The fourth-order valence-corrected chi connectivity index (χ4v) is 3.07. The van der Waals surface area contributed by atoms with E-state index in [-0.39, 0.29) is 17.1 Å². The molecule has 124 valence electrons. The maximum atomic E-state index is 14.1. The minimum atomic E-state index is -0.337. The van der Waals surface area contributed by atoms with Crippen LogP contribution < -0.4 is 10.1 Å². The predicted molar refractivity (Wildman–Crippen MR) is 84.7 cm³/mol. The normalized spacial score (nSPS) is 17.2. The average molecular weight is 319 g/mol. The van der Waals surface area contributed by atoms with Gasteiger partial charge in [0.25, 0.3) is 0 Å². The summed E-state index contributed by atoms with van der Waals surface area (Å²) in [4.78, 5) is 4.35. The van der Waals surface area contributed by atoms with E-state index in [9.17, 15) is 4.39 Å². The van der Waals surface area contributed by atoms with E-state index in [0.717, 1.165) is 24.1 Å². The number of methoxy groups -OCH3 is 1. The first kappa shape index (κ1) is 16.0. The van der Waals surface area contributed by atoms with Crippen LogP contribution in [0.25, 0.3) is 0 Å². The molecule has 0 aliphatic carbocycles. The van der Waals surface area contributed by atoms with Gasteiger partial charge in [0.1, 0.15) is 0 Å². The van der Waals surface area contributed by atoms with Crippen molar-refractivity contribution in [1.82, 2.24) is 14.9 Å². The molecule has 0 saturated carbocycles. The first-order chi connectivity index (χ1) is 11.1. The van der Waals surface area contributed by atoms with Gasteiger partial charge < -0.3 is 19.4 Å². The number of ether oxygens (including phenoxy) is 2. The molecule has 23 heavy (non-hydrogen) atoms. The molecule has 1 aromatic heterocycles. The van der Waals surface area contributed by atoms with E-state index < -0.39 is 0 Å². The minimum Gasteiger partial charge on any atom is -0.494 e. The van der Waals surface area contributed by atoms with Gasteiger partial charge in [0.2, 0.25) is 0 Å². The zero-order valence-electron chi connectivity index (χ0n) is 13.5. The van der Waals surface area contributed by atoms with Crippen LogP contribution in [-0.2, 0) is 23.9 Å². The zero-order valence-corrected chi connectivity index (χ0v) is 13.5. The van der Waals surface area contributed by atoms with Crippen LogP contribution in [0, 0.1) is 5.82 Å². The van der Waals surface area contributed by atoms with Crippen molar-refractivity contribution in [2.45, 2.75) is 24.9 Å². The number of aryl methyl sites for hydroxylation is 1.